The Labute approximate surface area is 131 Å². The van der Waals surface area contributed by atoms with Crippen molar-refractivity contribution in [2.75, 3.05) is 20.2 Å². The molecule has 0 bridgehead atoms. The Morgan fingerprint density at radius 2 is 2.00 bits per heavy atom. The van der Waals surface area contributed by atoms with Crippen molar-refractivity contribution in [3.05, 3.63) is 35.5 Å². The van der Waals surface area contributed by atoms with Crippen LogP contribution in [0.2, 0.25) is 0 Å². The molecule has 4 nitrogen and oxygen atoms in total. The number of methoxy groups -OCH3 is 1. The van der Waals surface area contributed by atoms with Crippen molar-refractivity contribution in [3.8, 4) is 0 Å². The summed E-state index contributed by atoms with van der Waals surface area (Å²) in [6, 6.07) is 8.51. The Morgan fingerprint density at radius 3 is 2.68 bits per heavy atom. The Balaban J connectivity index is 2.12. The van der Waals surface area contributed by atoms with Gasteiger partial charge in [-0.1, -0.05) is 18.2 Å². The van der Waals surface area contributed by atoms with Crippen LogP contribution in [0.15, 0.2) is 24.3 Å². The van der Waals surface area contributed by atoms with E-state index in [1.807, 2.05) is 25.1 Å². The van der Waals surface area contributed by atoms with Crippen LogP contribution in [0.5, 0.6) is 0 Å². The van der Waals surface area contributed by atoms with Gasteiger partial charge in [0, 0.05) is 22.6 Å². The first-order valence-electron chi connectivity index (χ1n) is 8.03. The van der Waals surface area contributed by atoms with Gasteiger partial charge in [0.15, 0.2) is 0 Å². The molecule has 4 heteroatoms. The topological polar surface area (TPSA) is 43.3 Å². The van der Waals surface area contributed by atoms with Crippen LogP contribution in [0.1, 0.15) is 41.9 Å². The molecule has 1 aromatic heterocycles. The van der Waals surface area contributed by atoms with Gasteiger partial charge in [-0.2, -0.15) is 0 Å². The van der Waals surface area contributed by atoms with Gasteiger partial charge < -0.3 is 14.6 Å². The third-order valence-corrected chi connectivity index (χ3v) is 5.02. The summed E-state index contributed by atoms with van der Waals surface area (Å²) in [5, 5.41) is 4.42. The summed E-state index contributed by atoms with van der Waals surface area (Å²) >= 11 is 0. The fourth-order valence-corrected chi connectivity index (χ4v) is 3.81. The van der Waals surface area contributed by atoms with Crippen molar-refractivity contribution in [2.24, 2.45) is 5.92 Å². The van der Waals surface area contributed by atoms with Crippen LogP contribution in [0.4, 0.5) is 0 Å². The van der Waals surface area contributed by atoms with E-state index in [9.17, 15) is 4.79 Å². The van der Waals surface area contributed by atoms with Crippen LogP contribution < -0.4 is 5.32 Å². The van der Waals surface area contributed by atoms with Crippen LogP contribution in [-0.4, -0.2) is 30.7 Å². The van der Waals surface area contributed by atoms with E-state index in [1.54, 1.807) is 0 Å². The van der Waals surface area contributed by atoms with E-state index >= 15 is 0 Å². The first kappa shape index (κ1) is 15.1. The second-order valence-corrected chi connectivity index (χ2v) is 6.17. The molecule has 1 aliphatic rings. The number of aromatic nitrogens is 1. The lowest BCUT2D eigenvalue weighted by atomic mass is 9.91. The Morgan fingerprint density at radius 1 is 1.32 bits per heavy atom. The summed E-state index contributed by atoms with van der Waals surface area (Å²) in [6.45, 7) is 6.47. The molecule has 0 aliphatic carbocycles. The SMILES string of the molecule is COC(=O)c1c(C)n(C(C)C2CCNCC2)c2ccccc12. The van der Waals surface area contributed by atoms with Gasteiger partial charge in [-0.25, -0.2) is 4.79 Å². The first-order chi connectivity index (χ1) is 10.6. The van der Waals surface area contributed by atoms with Gasteiger partial charge in [-0.15, -0.1) is 0 Å². The number of carbonyl (C=O) groups excluding carboxylic acids is 1. The monoisotopic (exact) mass is 300 g/mol. The summed E-state index contributed by atoms with van der Waals surface area (Å²) < 4.78 is 7.33. The van der Waals surface area contributed by atoms with Gasteiger partial charge in [0.1, 0.15) is 0 Å². The molecule has 1 unspecified atom stereocenters. The van der Waals surface area contributed by atoms with Crippen LogP contribution in [-0.2, 0) is 4.74 Å². The summed E-state index contributed by atoms with van der Waals surface area (Å²) in [5.74, 6) is 0.395. The second-order valence-electron chi connectivity index (χ2n) is 6.17. The smallest absolute Gasteiger partial charge is 0.340 e. The van der Waals surface area contributed by atoms with Crippen LogP contribution >= 0.6 is 0 Å². The number of hydrogen-bond acceptors (Lipinski definition) is 3. The predicted octanol–water partition coefficient (Wildman–Crippen LogP) is 3.30. The number of benzene rings is 1. The maximum atomic E-state index is 12.2. The number of nitrogens with one attached hydrogen (secondary N) is 1. The minimum Gasteiger partial charge on any atom is -0.465 e. The standard InChI is InChI=1S/C18H24N2O2/c1-12(14-8-10-19-11-9-14)20-13(2)17(18(21)22-3)15-6-4-5-7-16(15)20/h4-7,12,14,19H,8-11H2,1-3H3. The number of rotatable bonds is 3. The third-order valence-electron chi connectivity index (χ3n) is 5.02. The zero-order chi connectivity index (χ0) is 15.7. The fraction of sp³-hybridized carbons (Fsp3) is 0.500. The molecule has 1 saturated heterocycles. The van der Waals surface area contributed by atoms with Crippen molar-refractivity contribution in [1.82, 2.24) is 9.88 Å². The van der Waals surface area contributed by atoms with Crippen LogP contribution in [0.3, 0.4) is 0 Å². The molecule has 0 saturated carbocycles. The lowest BCUT2D eigenvalue weighted by Crippen LogP contribution is -2.32. The molecular weight excluding hydrogens is 276 g/mol. The molecule has 3 rings (SSSR count). The highest BCUT2D eigenvalue weighted by Gasteiger charge is 2.27. The number of hydrogen-bond donors (Lipinski definition) is 1. The van der Waals surface area contributed by atoms with E-state index in [1.165, 1.54) is 20.0 Å². The molecule has 1 fully saturated rings. The first-order valence-corrected chi connectivity index (χ1v) is 8.03. The third kappa shape index (κ3) is 2.41. The predicted molar refractivity (Wildman–Crippen MR) is 88.3 cm³/mol. The highest BCUT2D eigenvalue weighted by Crippen LogP contribution is 2.34. The van der Waals surface area contributed by atoms with Gasteiger partial charge >= 0.3 is 5.97 Å². The fourth-order valence-electron chi connectivity index (χ4n) is 3.81. The summed E-state index contributed by atoms with van der Waals surface area (Å²) in [6.07, 6.45) is 2.36. The summed E-state index contributed by atoms with van der Waals surface area (Å²) in [5.41, 5.74) is 2.85. The molecule has 1 aromatic carbocycles. The lowest BCUT2D eigenvalue weighted by Gasteiger charge is -2.30. The van der Waals surface area contributed by atoms with E-state index in [2.05, 4.69) is 22.9 Å². The maximum Gasteiger partial charge on any atom is 0.340 e. The average Bonchev–Trinajstić information content (AvgIpc) is 2.86. The van der Waals surface area contributed by atoms with Gasteiger partial charge in [-0.05, 0) is 51.8 Å². The van der Waals surface area contributed by atoms with Crippen LogP contribution in [0.25, 0.3) is 10.9 Å². The van der Waals surface area contributed by atoms with Crippen LogP contribution in [0, 0.1) is 12.8 Å². The molecule has 118 valence electrons. The van der Waals surface area contributed by atoms with Crippen molar-refractivity contribution < 1.29 is 9.53 Å². The minimum atomic E-state index is -0.245. The van der Waals surface area contributed by atoms with E-state index in [0.29, 0.717) is 17.5 Å². The van der Waals surface area contributed by atoms with Gasteiger partial charge in [0.05, 0.1) is 12.7 Å². The number of para-hydroxylation sites is 1. The van der Waals surface area contributed by atoms with E-state index in [-0.39, 0.29) is 5.97 Å². The molecule has 0 spiro atoms. The quantitative estimate of drug-likeness (QED) is 0.885. The summed E-state index contributed by atoms with van der Waals surface area (Å²) in [7, 11) is 1.45. The molecule has 0 amide bonds. The second kappa shape index (κ2) is 6.13. The Kier molecular flexibility index (Phi) is 4.21. The number of esters is 1. The summed E-state index contributed by atoms with van der Waals surface area (Å²) in [4.78, 5) is 12.2. The maximum absolute atomic E-state index is 12.2. The van der Waals surface area contributed by atoms with Crippen molar-refractivity contribution in [3.63, 3.8) is 0 Å². The molecule has 1 N–H and O–H groups in total. The molecule has 1 atom stereocenters. The van der Waals surface area contributed by atoms with Crippen molar-refractivity contribution >= 4 is 16.9 Å². The number of piperidine rings is 1. The molecule has 2 heterocycles. The molecule has 0 radical (unpaired) electrons. The Bertz CT molecular complexity index is 684. The Hall–Kier alpha value is -1.81. The molecule has 22 heavy (non-hydrogen) atoms. The van der Waals surface area contributed by atoms with E-state index < -0.39 is 0 Å². The van der Waals surface area contributed by atoms with Gasteiger partial charge in [-0.3, -0.25) is 0 Å². The zero-order valence-electron chi connectivity index (χ0n) is 13.6. The number of nitrogens with zero attached hydrogens (tertiary/aromatic N) is 1. The van der Waals surface area contributed by atoms with Gasteiger partial charge in [0.25, 0.3) is 0 Å². The number of fused-ring (bicyclic) bond motifs is 1. The molecule has 2 aromatic rings. The number of carbonyl (C=O) groups is 1. The van der Waals surface area contributed by atoms with Gasteiger partial charge in [0.2, 0.25) is 0 Å². The normalized spacial score (nSPS) is 17.6. The largest absolute Gasteiger partial charge is 0.465 e. The van der Waals surface area contributed by atoms with Crippen molar-refractivity contribution in [2.45, 2.75) is 32.7 Å². The highest BCUT2D eigenvalue weighted by atomic mass is 16.5. The molecular formula is C18H24N2O2. The van der Waals surface area contributed by atoms with E-state index in [4.69, 9.17) is 4.74 Å². The zero-order valence-corrected chi connectivity index (χ0v) is 13.6. The average molecular weight is 300 g/mol. The molecule has 1 aliphatic heterocycles. The lowest BCUT2D eigenvalue weighted by molar-refractivity contribution is 0.0601. The minimum absolute atomic E-state index is 0.245. The highest BCUT2D eigenvalue weighted by molar-refractivity contribution is 6.05. The van der Waals surface area contributed by atoms with E-state index in [0.717, 1.165) is 29.7 Å². The number of ether oxygens (including phenoxy) is 1. The van der Waals surface area contributed by atoms with Crippen molar-refractivity contribution in [1.29, 1.82) is 0 Å².